The van der Waals surface area contributed by atoms with Gasteiger partial charge in [0.15, 0.2) is 0 Å². The first kappa shape index (κ1) is 18.9. The number of aryl methyl sites for hydroxylation is 2. The van der Waals surface area contributed by atoms with Crippen LogP contribution >= 0.6 is 0 Å². The van der Waals surface area contributed by atoms with Crippen LogP contribution in [-0.2, 0) is 12.8 Å². The van der Waals surface area contributed by atoms with Crippen LogP contribution in [-0.4, -0.2) is 53.3 Å². The lowest BCUT2D eigenvalue weighted by atomic mass is 9.85. The van der Waals surface area contributed by atoms with Gasteiger partial charge in [0.25, 0.3) is 5.69 Å². The van der Waals surface area contributed by atoms with Gasteiger partial charge in [0.05, 0.1) is 11.0 Å². The van der Waals surface area contributed by atoms with E-state index >= 15 is 0 Å². The van der Waals surface area contributed by atoms with Crippen LogP contribution in [0, 0.1) is 24.0 Å². The average Bonchev–Trinajstić information content (AvgIpc) is 2.69. The van der Waals surface area contributed by atoms with Crippen molar-refractivity contribution >= 4 is 11.4 Å². The molecule has 1 N–H and O–H groups in total. The fourth-order valence-electron chi connectivity index (χ4n) is 4.56. The highest BCUT2D eigenvalue weighted by atomic mass is 16.6. The minimum Gasteiger partial charge on any atom is -0.391 e. The van der Waals surface area contributed by atoms with Crippen molar-refractivity contribution in [2.75, 3.05) is 31.1 Å². The number of anilines is 1. The van der Waals surface area contributed by atoms with E-state index in [1.165, 1.54) is 16.8 Å². The zero-order valence-electron chi connectivity index (χ0n) is 16.5. The van der Waals surface area contributed by atoms with Crippen molar-refractivity contribution < 1.29 is 10.0 Å². The zero-order valence-corrected chi connectivity index (χ0v) is 16.5. The smallest absolute Gasteiger partial charge is 0.269 e. The molecular formula is C22H27N3O3. The van der Waals surface area contributed by atoms with Crippen LogP contribution in [0.4, 0.5) is 11.4 Å². The molecule has 148 valence electrons. The monoisotopic (exact) mass is 381 g/mol. The molecule has 0 unspecified atom stereocenters. The Balaban J connectivity index is 1.45. The molecule has 1 saturated heterocycles. The van der Waals surface area contributed by atoms with Gasteiger partial charge < -0.3 is 10.0 Å². The highest BCUT2D eigenvalue weighted by molar-refractivity contribution is 5.55. The fourth-order valence-corrected chi connectivity index (χ4v) is 4.56. The van der Waals surface area contributed by atoms with E-state index in [1.54, 1.807) is 12.1 Å². The van der Waals surface area contributed by atoms with Crippen molar-refractivity contribution in [3.05, 3.63) is 68.8 Å². The predicted molar refractivity (Wildman–Crippen MR) is 110 cm³/mol. The number of nitrogens with zero attached hydrogens (tertiary/aromatic N) is 3. The molecule has 2 atom stereocenters. The largest absolute Gasteiger partial charge is 0.391 e. The fraction of sp³-hybridized carbons (Fsp3) is 0.455. The predicted octanol–water partition coefficient (Wildman–Crippen LogP) is 2.86. The van der Waals surface area contributed by atoms with Crippen molar-refractivity contribution in [3.63, 3.8) is 0 Å². The number of aliphatic hydroxyl groups excluding tert-OH is 1. The summed E-state index contributed by atoms with van der Waals surface area (Å²) in [4.78, 5) is 15.5. The van der Waals surface area contributed by atoms with Crippen LogP contribution in [0.25, 0.3) is 0 Å². The van der Waals surface area contributed by atoms with E-state index in [1.807, 2.05) is 6.07 Å². The molecule has 0 amide bonds. The standard InChI is InChI=1S/C22H27N3O3/c1-15-3-4-16(2)20(11-15)23-7-9-24(10-8-23)21-13-17-5-6-19(25(27)28)12-18(17)14-22(21)26/h3-6,11-12,21-22,26H,7-10,13-14H2,1-2H3/t21-,22-/m1/s1. The van der Waals surface area contributed by atoms with E-state index in [-0.39, 0.29) is 16.7 Å². The molecule has 1 aliphatic heterocycles. The van der Waals surface area contributed by atoms with Crippen LogP contribution in [0.15, 0.2) is 36.4 Å². The van der Waals surface area contributed by atoms with Gasteiger partial charge in [0.1, 0.15) is 0 Å². The maximum Gasteiger partial charge on any atom is 0.269 e. The van der Waals surface area contributed by atoms with Gasteiger partial charge in [0.2, 0.25) is 0 Å². The van der Waals surface area contributed by atoms with Crippen molar-refractivity contribution in [3.8, 4) is 0 Å². The topological polar surface area (TPSA) is 69.9 Å². The summed E-state index contributed by atoms with van der Waals surface area (Å²) in [5.41, 5.74) is 6.02. The Bertz CT molecular complexity index is 891. The molecule has 2 aromatic rings. The molecular weight excluding hydrogens is 354 g/mol. The molecule has 6 heteroatoms. The normalized spacial score (nSPS) is 22.8. The average molecular weight is 381 g/mol. The highest BCUT2D eigenvalue weighted by Crippen LogP contribution is 2.30. The Morgan fingerprint density at radius 2 is 1.75 bits per heavy atom. The van der Waals surface area contributed by atoms with Crippen LogP contribution < -0.4 is 4.90 Å². The molecule has 0 saturated carbocycles. The van der Waals surface area contributed by atoms with Gasteiger partial charge in [-0.3, -0.25) is 15.0 Å². The van der Waals surface area contributed by atoms with Crippen LogP contribution in [0.5, 0.6) is 0 Å². The minimum absolute atomic E-state index is 0.0784. The first-order valence-electron chi connectivity index (χ1n) is 9.93. The van der Waals surface area contributed by atoms with E-state index < -0.39 is 6.10 Å². The van der Waals surface area contributed by atoms with E-state index in [0.717, 1.165) is 43.7 Å². The Morgan fingerprint density at radius 1 is 1.00 bits per heavy atom. The number of piperazine rings is 1. The summed E-state index contributed by atoms with van der Waals surface area (Å²) in [5.74, 6) is 0. The molecule has 0 spiro atoms. The van der Waals surface area contributed by atoms with Gasteiger partial charge >= 0.3 is 0 Å². The summed E-state index contributed by atoms with van der Waals surface area (Å²) in [6.45, 7) is 8.00. The lowest BCUT2D eigenvalue weighted by molar-refractivity contribution is -0.384. The number of non-ortho nitro benzene ring substituents is 1. The highest BCUT2D eigenvalue weighted by Gasteiger charge is 2.34. The number of rotatable bonds is 3. The van der Waals surface area contributed by atoms with E-state index in [4.69, 9.17) is 0 Å². The summed E-state index contributed by atoms with van der Waals surface area (Å²) < 4.78 is 0. The maximum atomic E-state index is 11.0. The van der Waals surface area contributed by atoms with Gasteiger partial charge in [-0.05, 0) is 48.6 Å². The third-order valence-electron chi connectivity index (χ3n) is 6.19. The minimum atomic E-state index is -0.484. The number of nitro groups is 1. The van der Waals surface area contributed by atoms with Gasteiger partial charge in [0, 0.05) is 56.5 Å². The van der Waals surface area contributed by atoms with Gasteiger partial charge in [-0.1, -0.05) is 18.2 Å². The second-order valence-corrected chi connectivity index (χ2v) is 8.07. The lowest BCUT2D eigenvalue weighted by Crippen LogP contribution is -2.56. The zero-order chi connectivity index (χ0) is 19.8. The summed E-state index contributed by atoms with van der Waals surface area (Å²) in [6, 6.07) is 11.7. The second kappa shape index (κ2) is 7.53. The molecule has 2 aromatic carbocycles. The Morgan fingerprint density at radius 3 is 2.46 bits per heavy atom. The van der Waals surface area contributed by atoms with Crippen molar-refractivity contribution in [1.29, 1.82) is 0 Å². The number of benzene rings is 2. The number of hydrogen-bond donors (Lipinski definition) is 1. The number of aliphatic hydroxyl groups is 1. The molecule has 1 heterocycles. The summed E-state index contributed by atoms with van der Waals surface area (Å²) in [5, 5.41) is 21.7. The van der Waals surface area contributed by atoms with Crippen LogP contribution in [0.1, 0.15) is 22.3 Å². The van der Waals surface area contributed by atoms with Gasteiger partial charge in [-0.2, -0.15) is 0 Å². The summed E-state index contributed by atoms with van der Waals surface area (Å²) >= 11 is 0. The van der Waals surface area contributed by atoms with Crippen molar-refractivity contribution in [1.82, 2.24) is 4.90 Å². The van der Waals surface area contributed by atoms with E-state index in [0.29, 0.717) is 6.42 Å². The first-order chi connectivity index (χ1) is 13.4. The number of nitro benzene ring substituents is 1. The summed E-state index contributed by atoms with van der Waals surface area (Å²) in [6.07, 6.45) is 0.749. The lowest BCUT2D eigenvalue weighted by Gasteiger charge is -2.44. The molecule has 1 fully saturated rings. The van der Waals surface area contributed by atoms with Crippen LogP contribution in [0.3, 0.4) is 0 Å². The summed E-state index contributed by atoms with van der Waals surface area (Å²) in [7, 11) is 0. The quantitative estimate of drug-likeness (QED) is 0.654. The molecule has 28 heavy (non-hydrogen) atoms. The third kappa shape index (κ3) is 3.62. The Kier molecular flexibility index (Phi) is 5.08. The van der Waals surface area contributed by atoms with E-state index in [2.05, 4.69) is 41.8 Å². The molecule has 6 nitrogen and oxygen atoms in total. The van der Waals surface area contributed by atoms with Crippen molar-refractivity contribution in [2.45, 2.75) is 38.8 Å². The SMILES string of the molecule is Cc1ccc(C)c(N2CCN([C@@H]3Cc4ccc([N+](=O)[O-])cc4C[C@H]3O)CC2)c1. The molecule has 1 aliphatic carbocycles. The molecule has 0 aromatic heterocycles. The van der Waals surface area contributed by atoms with Crippen molar-refractivity contribution in [2.24, 2.45) is 0 Å². The molecule has 2 aliphatic rings. The van der Waals surface area contributed by atoms with Gasteiger partial charge in [-0.15, -0.1) is 0 Å². The maximum absolute atomic E-state index is 11.0. The van der Waals surface area contributed by atoms with Crippen LogP contribution in [0.2, 0.25) is 0 Å². The first-order valence-corrected chi connectivity index (χ1v) is 9.93. The molecule has 4 rings (SSSR count). The van der Waals surface area contributed by atoms with E-state index in [9.17, 15) is 15.2 Å². The Hall–Kier alpha value is -2.44. The number of fused-ring (bicyclic) bond motifs is 1. The molecule has 0 bridgehead atoms. The molecule has 0 radical (unpaired) electrons. The Labute approximate surface area is 165 Å². The number of hydrogen-bond acceptors (Lipinski definition) is 5. The third-order valence-corrected chi connectivity index (χ3v) is 6.19. The second-order valence-electron chi connectivity index (χ2n) is 8.07. The van der Waals surface area contributed by atoms with Gasteiger partial charge in [-0.25, -0.2) is 0 Å².